The van der Waals surface area contributed by atoms with Gasteiger partial charge in [-0.05, 0) is 54.2 Å². The van der Waals surface area contributed by atoms with Crippen LogP contribution in [0.4, 0.5) is 5.69 Å². The number of aromatic nitrogens is 1. The molecule has 7 rings (SSSR count). The van der Waals surface area contributed by atoms with Crippen molar-refractivity contribution in [3.05, 3.63) is 84.5 Å². The molecule has 3 aromatic carbocycles. The highest BCUT2D eigenvalue weighted by Gasteiger charge is 2.40. The maximum atomic E-state index is 2.56. The molecule has 0 radical (unpaired) electrons. The molecule has 0 spiro atoms. The molecule has 2 nitrogen and oxygen atoms in total. The fourth-order valence-electron chi connectivity index (χ4n) is 6.37. The van der Waals surface area contributed by atoms with Gasteiger partial charge >= 0.3 is 0 Å². The van der Waals surface area contributed by atoms with E-state index in [0.717, 1.165) is 12.8 Å². The quantitative estimate of drug-likeness (QED) is 0.301. The van der Waals surface area contributed by atoms with Crippen LogP contribution in [-0.2, 0) is 0 Å². The Morgan fingerprint density at radius 3 is 2.48 bits per heavy atom. The standard InChI is InChI=1S/C29H26N2/c1-30-24-17-9-7-15-22(24)26-20-13-5-6-14-21(20)27-23-16-8-10-18-25(23)31(29(27)28(26)30)19-11-3-2-4-12-19/h3,5-6,8-14,16-18,22,24H,2,4,7,15H2,1H3. The second kappa shape index (κ2) is 6.37. The van der Waals surface area contributed by atoms with Gasteiger partial charge in [-0.2, -0.15) is 0 Å². The van der Waals surface area contributed by atoms with E-state index in [-0.39, 0.29) is 0 Å². The first-order valence-electron chi connectivity index (χ1n) is 11.6. The average molecular weight is 403 g/mol. The van der Waals surface area contributed by atoms with Crippen LogP contribution in [0.1, 0.15) is 37.2 Å². The Bertz CT molecular complexity index is 1460. The Kier molecular flexibility index (Phi) is 3.58. The van der Waals surface area contributed by atoms with Gasteiger partial charge in [0.15, 0.2) is 0 Å². The number of rotatable bonds is 1. The summed E-state index contributed by atoms with van der Waals surface area (Å²) < 4.78 is 2.54. The molecule has 0 saturated carbocycles. The number of para-hydroxylation sites is 1. The number of hydrogen-bond acceptors (Lipinski definition) is 1. The molecule has 1 aromatic heterocycles. The minimum atomic E-state index is 0.458. The van der Waals surface area contributed by atoms with Crippen LogP contribution in [0.3, 0.4) is 0 Å². The van der Waals surface area contributed by atoms with Gasteiger partial charge in [-0.1, -0.05) is 66.8 Å². The smallest absolute Gasteiger partial charge is 0.0784 e. The van der Waals surface area contributed by atoms with Crippen LogP contribution in [0.15, 0.2) is 78.9 Å². The van der Waals surface area contributed by atoms with Crippen LogP contribution >= 0.6 is 0 Å². The van der Waals surface area contributed by atoms with Gasteiger partial charge in [-0.3, -0.25) is 0 Å². The third-order valence-electron chi connectivity index (χ3n) is 7.63. The molecule has 2 unspecified atom stereocenters. The Balaban J connectivity index is 1.74. The zero-order chi connectivity index (χ0) is 20.5. The molecule has 4 aromatic rings. The topological polar surface area (TPSA) is 8.17 Å². The van der Waals surface area contributed by atoms with E-state index in [1.807, 2.05) is 0 Å². The van der Waals surface area contributed by atoms with E-state index in [2.05, 4.69) is 95.4 Å². The fraction of sp³-hybridized carbons (Fsp3) is 0.241. The van der Waals surface area contributed by atoms with Crippen molar-refractivity contribution in [3.63, 3.8) is 0 Å². The van der Waals surface area contributed by atoms with Gasteiger partial charge in [0.05, 0.1) is 22.8 Å². The number of likely N-dealkylation sites (N-methyl/N-ethyl adjacent to an activating group) is 1. The van der Waals surface area contributed by atoms with Crippen molar-refractivity contribution in [1.29, 1.82) is 0 Å². The maximum absolute atomic E-state index is 2.56. The monoisotopic (exact) mass is 402 g/mol. The molecule has 0 amide bonds. The van der Waals surface area contributed by atoms with Crippen molar-refractivity contribution < 1.29 is 0 Å². The first-order chi connectivity index (χ1) is 15.3. The van der Waals surface area contributed by atoms with E-state index < -0.39 is 0 Å². The molecule has 152 valence electrons. The molecule has 31 heavy (non-hydrogen) atoms. The summed E-state index contributed by atoms with van der Waals surface area (Å²) in [6.45, 7) is 0. The van der Waals surface area contributed by atoms with Gasteiger partial charge < -0.3 is 9.47 Å². The van der Waals surface area contributed by atoms with E-state index in [1.54, 1.807) is 5.56 Å². The Labute approximate surface area is 182 Å². The Morgan fingerprint density at radius 1 is 0.839 bits per heavy atom. The number of hydrogen-bond donors (Lipinski definition) is 0. The molecule has 2 heteroatoms. The highest BCUT2D eigenvalue weighted by molar-refractivity contribution is 6.27. The number of allylic oxidation sites excluding steroid dienone is 5. The molecular weight excluding hydrogens is 376 g/mol. The number of benzene rings is 3. The van der Waals surface area contributed by atoms with E-state index >= 15 is 0 Å². The third-order valence-corrected chi connectivity index (χ3v) is 7.63. The summed E-state index contributed by atoms with van der Waals surface area (Å²) in [5.74, 6) is 0.571. The molecule has 2 aliphatic carbocycles. The lowest BCUT2D eigenvalue weighted by Crippen LogP contribution is -2.30. The largest absolute Gasteiger partial charge is 0.366 e. The van der Waals surface area contributed by atoms with Gasteiger partial charge in [-0.15, -0.1) is 0 Å². The van der Waals surface area contributed by atoms with Crippen molar-refractivity contribution >= 4 is 44.0 Å². The van der Waals surface area contributed by atoms with E-state index in [9.17, 15) is 0 Å². The first kappa shape index (κ1) is 17.4. The summed E-state index contributed by atoms with van der Waals surface area (Å²) in [6, 6.07) is 18.5. The van der Waals surface area contributed by atoms with E-state index in [0.29, 0.717) is 12.0 Å². The lowest BCUT2D eigenvalue weighted by Gasteiger charge is -2.27. The highest BCUT2D eigenvalue weighted by Crippen LogP contribution is 2.54. The van der Waals surface area contributed by atoms with E-state index in [4.69, 9.17) is 0 Å². The second-order valence-corrected chi connectivity index (χ2v) is 9.21. The van der Waals surface area contributed by atoms with Crippen molar-refractivity contribution in [3.8, 4) is 0 Å². The lowest BCUT2D eigenvalue weighted by atomic mass is 9.83. The predicted octanol–water partition coefficient (Wildman–Crippen LogP) is 7.39. The minimum absolute atomic E-state index is 0.458. The summed E-state index contributed by atoms with van der Waals surface area (Å²) in [6.07, 6.45) is 16.5. The zero-order valence-electron chi connectivity index (χ0n) is 17.9. The Morgan fingerprint density at radius 2 is 1.65 bits per heavy atom. The van der Waals surface area contributed by atoms with Gasteiger partial charge in [0.2, 0.25) is 0 Å². The van der Waals surface area contributed by atoms with Crippen molar-refractivity contribution in [2.45, 2.75) is 37.6 Å². The van der Waals surface area contributed by atoms with E-state index in [1.165, 1.54) is 56.8 Å². The molecule has 3 aliphatic rings. The first-order valence-corrected chi connectivity index (χ1v) is 11.6. The summed E-state index contributed by atoms with van der Waals surface area (Å²) in [5, 5.41) is 5.60. The van der Waals surface area contributed by atoms with Crippen molar-refractivity contribution in [1.82, 2.24) is 4.57 Å². The van der Waals surface area contributed by atoms with Crippen LogP contribution in [0.5, 0.6) is 0 Å². The second-order valence-electron chi connectivity index (χ2n) is 9.21. The van der Waals surface area contributed by atoms with Crippen molar-refractivity contribution in [2.75, 3.05) is 11.9 Å². The third kappa shape index (κ3) is 2.23. The van der Waals surface area contributed by atoms with Crippen LogP contribution in [0.2, 0.25) is 0 Å². The predicted molar refractivity (Wildman–Crippen MR) is 133 cm³/mol. The molecule has 0 saturated heterocycles. The maximum Gasteiger partial charge on any atom is 0.0784 e. The van der Waals surface area contributed by atoms with Gasteiger partial charge in [0.25, 0.3) is 0 Å². The number of anilines is 1. The molecule has 0 N–H and O–H groups in total. The summed E-state index contributed by atoms with van der Waals surface area (Å²) in [4.78, 5) is 2.56. The molecule has 0 fully saturated rings. The van der Waals surface area contributed by atoms with Crippen LogP contribution < -0.4 is 4.90 Å². The highest BCUT2D eigenvalue weighted by atomic mass is 15.2. The number of fused-ring (bicyclic) bond motifs is 10. The SMILES string of the molecule is CN1c2c(c3ccccc3c3c4ccccc4n(C4=CCCC=C4)c23)C2CCC=CC21. The Hall–Kier alpha value is -3.26. The minimum Gasteiger partial charge on any atom is -0.366 e. The van der Waals surface area contributed by atoms with Gasteiger partial charge in [0, 0.05) is 29.4 Å². The lowest BCUT2D eigenvalue weighted by molar-refractivity contribution is 0.566. The summed E-state index contributed by atoms with van der Waals surface area (Å²) >= 11 is 0. The van der Waals surface area contributed by atoms with Gasteiger partial charge in [-0.25, -0.2) is 0 Å². The molecule has 2 atom stereocenters. The van der Waals surface area contributed by atoms with Crippen LogP contribution in [0.25, 0.3) is 38.3 Å². The molecule has 2 heterocycles. The molecule has 1 aliphatic heterocycles. The van der Waals surface area contributed by atoms with Gasteiger partial charge in [0.1, 0.15) is 0 Å². The average Bonchev–Trinajstić information content (AvgIpc) is 3.33. The zero-order valence-corrected chi connectivity index (χ0v) is 17.9. The fourth-order valence-corrected chi connectivity index (χ4v) is 6.37. The summed E-state index contributed by atoms with van der Waals surface area (Å²) in [7, 11) is 2.31. The van der Waals surface area contributed by atoms with Crippen molar-refractivity contribution in [2.24, 2.45) is 0 Å². The van der Waals surface area contributed by atoms with Crippen LogP contribution in [0, 0.1) is 0 Å². The normalized spacial score (nSPS) is 22.4. The van der Waals surface area contributed by atoms with Crippen LogP contribution in [-0.4, -0.2) is 17.7 Å². The number of nitrogens with zero attached hydrogens (tertiary/aromatic N) is 2. The summed E-state index contributed by atoms with van der Waals surface area (Å²) in [5.41, 5.74) is 7.01. The molecular formula is C29H26N2. The molecule has 0 bridgehead atoms.